The SMILES string of the molecule is CCOC(=O)C(CCCCCC(=O)O)Sc1ccccc1. The maximum atomic E-state index is 12.0. The van der Waals surface area contributed by atoms with Gasteiger partial charge >= 0.3 is 11.9 Å². The summed E-state index contributed by atoms with van der Waals surface area (Å²) in [6, 6.07) is 9.77. The van der Waals surface area contributed by atoms with Crippen LogP contribution in [0.3, 0.4) is 0 Å². The molecule has 1 atom stereocenters. The summed E-state index contributed by atoms with van der Waals surface area (Å²) in [5, 5.41) is 8.37. The average molecular weight is 310 g/mol. The van der Waals surface area contributed by atoms with Crippen molar-refractivity contribution in [3.63, 3.8) is 0 Å². The van der Waals surface area contributed by atoms with E-state index in [1.165, 1.54) is 11.8 Å². The molecule has 0 radical (unpaired) electrons. The van der Waals surface area contributed by atoms with Crippen molar-refractivity contribution in [2.45, 2.75) is 49.2 Å². The molecule has 0 fully saturated rings. The fraction of sp³-hybridized carbons (Fsp3) is 0.500. The zero-order chi connectivity index (χ0) is 15.5. The summed E-state index contributed by atoms with van der Waals surface area (Å²) >= 11 is 1.51. The van der Waals surface area contributed by atoms with Crippen molar-refractivity contribution < 1.29 is 19.4 Å². The van der Waals surface area contributed by atoms with Crippen molar-refractivity contribution in [2.24, 2.45) is 0 Å². The highest BCUT2D eigenvalue weighted by Gasteiger charge is 2.20. The molecular weight excluding hydrogens is 288 g/mol. The molecule has 0 spiro atoms. The van der Waals surface area contributed by atoms with Crippen LogP contribution < -0.4 is 0 Å². The standard InChI is InChI=1S/C16H22O4S/c1-2-20-16(19)14(11-7-4-8-12-15(17)18)21-13-9-5-3-6-10-13/h3,5-6,9-10,14H,2,4,7-8,11-12H2,1H3,(H,17,18). The van der Waals surface area contributed by atoms with Gasteiger partial charge in [-0.3, -0.25) is 9.59 Å². The normalized spacial score (nSPS) is 11.9. The minimum atomic E-state index is -0.768. The second-order valence-electron chi connectivity index (χ2n) is 4.66. The number of esters is 1. The molecule has 1 rings (SSSR count). The summed E-state index contributed by atoms with van der Waals surface area (Å²) in [7, 11) is 0. The van der Waals surface area contributed by atoms with Gasteiger partial charge in [0.05, 0.1) is 6.61 Å². The Morgan fingerprint density at radius 1 is 1.19 bits per heavy atom. The predicted octanol–water partition coefficient (Wildman–Crippen LogP) is 3.75. The number of hydrogen-bond donors (Lipinski definition) is 1. The van der Waals surface area contributed by atoms with Crippen molar-refractivity contribution in [3.8, 4) is 0 Å². The van der Waals surface area contributed by atoms with E-state index in [0.717, 1.165) is 17.7 Å². The third-order valence-corrected chi connectivity index (χ3v) is 4.18. The number of benzene rings is 1. The highest BCUT2D eigenvalue weighted by molar-refractivity contribution is 8.00. The topological polar surface area (TPSA) is 63.6 Å². The Kier molecular flexibility index (Phi) is 8.59. The van der Waals surface area contributed by atoms with E-state index in [9.17, 15) is 9.59 Å². The van der Waals surface area contributed by atoms with Crippen molar-refractivity contribution >= 4 is 23.7 Å². The van der Waals surface area contributed by atoms with Gasteiger partial charge in [0.2, 0.25) is 0 Å². The number of ether oxygens (including phenoxy) is 1. The van der Waals surface area contributed by atoms with Crippen LogP contribution in [-0.2, 0) is 14.3 Å². The Labute approximate surface area is 129 Å². The van der Waals surface area contributed by atoms with Crippen molar-refractivity contribution in [1.82, 2.24) is 0 Å². The Hall–Kier alpha value is -1.49. The maximum absolute atomic E-state index is 12.0. The number of carboxylic acids is 1. The lowest BCUT2D eigenvalue weighted by Gasteiger charge is -2.15. The highest BCUT2D eigenvalue weighted by atomic mass is 32.2. The van der Waals surface area contributed by atoms with Gasteiger partial charge in [0.15, 0.2) is 0 Å². The van der Waals surface area contributed by atoms with Crippen molar-refractivity contribution in [3.05, 3.63) is 30.3 Å². The van der Waals surface area contributed by atoms with Crippen LogP contribution in [0.1, 0.15) is 39.0 Å². The van der Waals surface area contributed by atoms with Crippen LogP contribution in [0.2, 0.25) is 0 Å². The number of unbranched alkanes of at least 4 members (excludes halogenated alkanes) is 2. The largest absolute Gasteiger partial charge is 0.481 e. The third-order valence-electron chi connectivity index (χ3n) is 2.93. The molecule has 0 saturated heterocycles. The third kappa shape index (κ3) is 7.75. The second kappa shape index (κ2) is 10.3. The number of hydrogen-bond acceptors (Lipinski definition) is 4. The van der Waals surface area contributed by atoms with Crippen LogP contribution >= 0.6 is 11.8 Å². The summed E-state index contributed by atoms with van der Waals surface area (Å²) in [4.78, 5) is 23.5. The molecule has 5 heteroatoms. The van der Waals surface area contributed by atoms with Crippen LogP contribution in [0.5, 0.6) is 0 Å². The van der Waals surface area contributed by atoms with Gasteiger partial charge in [-0.05, 0) is 31.9 Å². The number of thioether (sulfide) groups is 1. The zero-order valence-electron chi connectivity index (χ0n) is 12.3. The first-order valence-electron chi connectivity index (χ1n) is 7.23. The molecular formula is C16H22O4S. The molecule has 0 saturated carbocycles. The van der Waals surface area contributed by atoms with Gasteiger partial charge in [0.25, 0.3) is 0 Å². The summed E-state index contributed by atoms with van der Waals surface area (Å²) in [5.41, 5.74) is 0. The molecule has 0 bridgehead atoms. The molecule has 1 aromatic carbocycles. The number of carboxylic acid groups (broad SMARTS) is 1. The van der Waals surface area contributed by atoms with E-state index in [2.05, 4.69) is 0 Å². The summed E-state index contributed by atoms with van der Waals surface area (Å²) < 4.78 is 5.12. The minimum Gasteiger partial charge on any atom is -0.481 e. The fourth-order valence-electron chi connectivity index (χ4n) is 1.91. The molecule has 1 unspecified atom stereocenters. The summed E-state index contributed by atoms with van der Waals surface area (Å²) in [6.45, 7) is 2.18. The number of aliphatic carboxylic acids is 1. The molecule has 1 N–H and O–H groups in total. The van der Waals surface area contributed by atoms with Gasteiger partial charge in [0.1, 0.15) is 5.25 Å². The molecule has 21 heavy (non-hydrogen) atoms. The van der Waals surface area contributed by atoms with Crippen LogP contribution in [0.4, 0.5) is 0 Å². The number of carbonyl (C=O) groups excluding carboxylic acids is 1. The molecule has 0 aliphatic heterocycles. The molecule has 0 aromatic heterocycles. The molecule has 4 nitrogen and oxygen atoms in total. The van der Waals surface area contributed by atoms with Crippen LogP contribution in [0.25, 0.3) is 0 Å². The van der Waals surface area contributed by atoms with E-state index < -0.39 is 5.97 Å². The van der Waals surface area contributed by atoms with Gasteiger partial charge < -0.3 is 9.84 Å². The van der Waals surface area contributed by atoms with E-state index in [1.807, 2.05) is 30.3 Å². The molecule has 1 aromatic rings. The molecule has 0 amide bonds. The smallest absolute Gasteiger partial charge is 0.319 e. The van der Waals surface area contributed by atoms with Crippen LogP contribution in [0.15, 0.2) is 35.2 Å². The number of carbonyl (C=O) groups is 2. The number of rotatable bonds is 10. The molecule has 116 valence electrons. The van der Waals surface area contributed by atoms with Gasteiger partial charge in [0, 0.05) is 11.3 Å². The second-order valence-corrected chi connectivity index (χ2v) is 5.94. The van der Waals surface area contributed by atoms with E-state index in [0.29, 0.717) is 19.4 Å². The highest BCUT2D eigenvalue weighted by Crippen LogP contribution is 2.27. The first-order valence-corrected chi connectivity index (χ1v) is 8.11. The summed E-state index contributed by atoms with van der Waals surface area (Å²) in [5.74, 6) is -0.958. The summed E-state index contributed by atoms with van der Waals surface area (Å²) in [6.07, 6.45) is 3.20. The van der Waals surface area contributed by atoms with Crippen LogP contribution in [0, 0.1) is 0 Å². The quantitative estimate of drug-likeness (QED) is 0.405. The van der Waals surface area contributed by atoms with Gasteiger partial charge in [-0.15, -0.1) is 11.8 Å². The molecule has 0 heterocycles. The van der Waals surface area contributed by atoms with Gasteiger partial charge in [-0.1, -0.05) is 31.0 Å². The maximum Gasteiger partial charge on any atom is 0.319 e. The molecule has 0 aliphatic carbocycles. The lowest BCUT2D eigenvalue weighted by Crippen LogP contribution is -2.20. The van der Waals surface area contributed by atoms with Crippen LogP contribution in [-0.4, -0.2) is 28.9 Å². The van der Waals surface area contributed by atoms with Crippen molar-refractivity contribution in [1.29, 1.82) is 0 Å². The fourth-order valence-corrected chi connectivity index (χ4v) is 3.00. The average Bonchev–Trinajstić information content (AvgIpc) is 2.46. The Balaban J connectivity index is 2.45. The Morgan fingerprint density at radius 3 is 2.52 bits per heavy atom. The monoisotopic (exact) mass is 310 g/mol. The first kappa shape index (κ1) is 17.6. The Morgan fingerprint density at radius 2 is 1.90 bits per heavy atom. The zero-order valence-corrected chi connectivity index (χ0v) is 13.1. The first-order chi connectivity index (χ1) is 10.1. The molecule has 0 aliphatic rings. The van der Waals surface area contributed by atoms with E-state index in [-0.39, 0.29) is 17.6 Å². The van der Waals surface area contributed by atoms with Gasteiger partial charge in [-0.25, -0.2) is 0 Å². The lowest BCUT2D eigenvalue weighted by molar-refractivity contribution is -0.142. The van der Waals surface area contributed by atoms with E-state index in [1.54, 1.807) is 6.92 Å². The van der Waals surface area contributed by atoms with E-state index in [4.69, 9.17) is 9.84 Å². The van der Waals surface area contributed by atoms with Gasteiger partial charge in [-0.2, -0.15) is 0 Å². The Bertz CT molecular complexity index is 433. The lowest BCUT2D eigenvalue weighted by atomic mass is 10.1. The van der Waals surface area contributed by atoms with Crippen molar-refractivity contribution in [2.75, 3.05) is 6.61 Å². The predicted molar refractivity (Wildman–Crippen MR) is 83.4 cm³/mol. The van der Waals surface area contributed by atoms with E-state index >= 15 is 0 Å². The minimum absolute atomic E-state index is 0.190.